The van der Waals surface area contributed by atoms with E-state index in [-0.39, 0.29) is 11.6 Å². The molecule has 2 aromatic rings. The molecule has 2 heterocycles. The maximum absolute atomic E-state index is 13.8. The van der Waals surface area contributed by atoms with E-state index in [9.17, 15) is 9.50 Å². The molecule has 1 saturated heterocycles. The Balaban J connectivity index is 1.74. The Bertz CT molecular complexity index is 797. The van der Waals surface area contributed by atoms with Crippen LogP contribution in [0.1, 0.15) is 49.6 Å². The van der Waals surface area contributed by atoms with Crippen LogP contribution in [0.5, 0.6) is 0 Å². The molecule has 1 fully saturated rings. The zero-order chi connectivity index (χ0) is 18.0. The zero-order valence-electron chi connectivity index (χ0n) is 14.5. The zero-order valence-corrected chi connectivity index (χ0v) is 14.5. The largest absolute Gasteiger partial charge is 0.382 e. The van der Waals surface area contributed by atoms with Gasteiger partial charge < -0.3 is 5.11 Å². The van der Waals surface area contributed by atoms with E-state index in [2.05, 4.69) is 15.2 Å². The summed E-state index contributed by atoms with van der Waals surface area (Å²) in [6, 6.07) is 6.65. The van der Waals surface area contributed by atoms with Crippen LogP contribution < -0.4 is 0 Å². The fraction of sp³-hybridized carbons (Fsp3) is 0.500. The first kappa shape index (κ1) is 17.5. The van der Waals surface area contributed by atoms with Crippen molar-refractivity contribution >= 4 is 0 Å². The molecule has 1 aromatic heterocycles. The van der Waals surface area contributed by atoms with Gasteiger partial charge in [0.1, 0.15) is 23.2 Å². The lowest BCUT2D eigenvalue weighted by Crippen LogP contribution is -2.45. The number of benzene rings is 1. The highest BCUT2D eigenvalue weighted by Gasteiger charge is 2.37. The Morgan fingerprint density at radius 3 is 2.88 bits per heavy atom. The molecule has 6 nitrogen and oxygen atoms in total. The first-order valence-electron chi connectivity index (χ1n) is 8.47. The second-order valence-corrected chi connectivity index (χ2v) is 6.95. The van der Waals surface area contributed by atoms with Crippen molar-refractivity contribution in [3.05, 3.63) is 47.0 Å². The minimum Gasteiger partial charge on any atom is -0.382 e. The van der Waals surface area contributed by atoms with Gasteiger partial charge in [-0.15, -0.1) is 5.10 Å². The minimum absolute atomic E-state index is 0.0456. The van der Waals surface area contributed by atoms with Gasteiger partial charge in [-0.25, -0.2) is 9.07 Å². The lowest BCUT2D eigenvalue weighted by atomic mass is 9.89. The van der Waals surface area contributed by atoms with Crippen molar-refractivity contribution in [3.63, 3.8) is 0 Å². The van der Waals surface area contributed by atoms with E-state index >= 15 is 0 Å². The van der Waals surface area contributed by atoms with E-state index in [0.717, 1.165) is 18.5 Å². The summed E-state index contributed by atoms with van der Waals surface area (Å²) in [6.45, 7) is 5.78. The molecular formula is C18H22FN5O. The summed E-state index contributed by atoms with van der Waals surface area (Å²) in [7, 11) is 0. The number of rotatable bonds is 4. The molecule has 0 bridgehead atoms. The molecule has 0 radical (unpaired) electrons. The third-order valence-corrected chi connectivity index (χ3v) is 4.63. The number of β-amino-alcohol motifs (C(OH)–C–C–N with tert-alkyl or cyclic N) is 1. The van der Waals surface area contributed by atoms with E-state index in [1.165, 1.54) is 12.1 Å². The van der Waals surface area contributed by atoms with E-state index < -0.39 is 11.4 Å². The number of piperidine rings is 1. The molecule has 1 N–H and O–H groups in total. The molecule has 3 rings (SSSR count). The Morgan fingerprint density at radius 2 is 2.24 bits per heavy atom. The number of nitriles is 1. The van der Waals surface area contributed by atoms with Gasteiger partial charge in [0.25, 0.3) is 0 Å². The topological polar surface area (TPSA) is 78.0 Å². The molecule has 1 aliphatic heterocycles. The summed E-state index contributed by atoms with van der Waals surface area (Å²) < 4.78 is 15.5. The van der Waals surface area contributed by atoms with Gasteiger partial charge in [0.2, 0.25) is 0 Å². The Labute approximate surface area is 146 Å². The SMILES string of the molecule is CC(C)n1cc(C2(O)CCCN(Cc3ccc(C#N)c(F)c3)C2)nn1. The smallest absolute Gasteiger partial charge is 0.141 e. The summed E-state index contributed by atoms with van der Waals surface area (Å²) in [6.07, 6.45) is 3.25. The minimum atomic E-state index is -1.05. The number of halogens is 1. The van der Waals surface area contributed by atoms with E-state index in [0.29, 0.717) is 25.2 Å². The molecular weight excluding hydrogens is 321 g/mol. The van der Waals surface area contributed by atoms with E-state index in [4.69, 9.17) is 5.26 Å². The summed E-state index contributed by atoms with van der Waals surface area (Å²) in [5, 5.41) is 28.1. The third kappa shape index (κ3) is 3.70. The second-order valence-electron chi connectivity index (χ2n) is 6.95. The van der Waals surface area contributed by atoms with Crippen LogP contribution in [0.25, 0.3) is 0 Å². The van der Waals surface area contributed by atoms with Crippen LogP contribution in [0, 0.1) is 17.1 Å². The number of aliphatic hydroxyl groups is 1. The molecule has 0 amide bonds. The number of aromatic nitrogens is 3. The van der Waals surface area contributed by atoms with Gasteiger partial charge in [-0.3, -0.25) is 4.90 Å². The predicted octanol–water partition coefficient (Wildman–Crippen LogP) is 2.35. The first-order valence-corrected chi connectivity index (χ1v) is 8.47. The second kappa shape index (κ2) is 6.90. The molecule has 0 saturated carbocycles. The van der Waals surface area contributed by atoms with Gasteiger partial charge in [0, 0.05) is 19.1 Å². The standard InChI is InChI=1S/C18H22FN5O/c1-13(2)24-11-17(21-22-24)18(25)6-3-7-23(12-18)10-14-4-5-15(9-20)16(19)8-14/h4-5,8,11,13,25H,3,6-7,10,12H2,1-2H3. The van der Waals surface area contributed by atoms with Crippen LogP contribution in [0.4, 0.5) is 4.39 Å². The number of nitrogens with zero attached hydrogens (tertiary/aromatic N) is 5. The molecule has 1 unspecified atom stereocenters. The lowest BCUT2D eigenvalue weighted by molar-refractivity contribution is -0.0414. The normalized spacial score (nSPS) is 21.4. The molecule has 1 atom stereocenters. The maximum atomic E-state index is 13.8. The number of hydrogen-bond donors (Lipinski definition) is 1. The Kier molecular flexibility index (Phi) is 4.84. The first-order chi connectivity index (χ1) is 11.9. The predicted molar refractivity (Wildman–Crippen MR) is 89.9 cm³/mol. The molecule has 7 heteroatoms. The lowest BCUT2D eigenvalue weighted by Gasteiger charge is -2.38. The highest BCUT2D eigenvalue weighted by atomic mass is 19.1. The molecule has 25 heavy (non-hydrogen) atoms. The van der Waals surface area contributed by atoms with Crippen molar-refractivity contribution in [1.82, 2.24) is 19.9 Å². The van der Waals surface area contributed by atoms with Crippen LogP contribution in [-0.4, -0.2) is 38.1 Å². The average molecular weight is 343 g/mol. The van der Waals surface area contributed by atoms with Gasteiger partial charge in [-0.05, 0) is 50.9 Å². The third-order valence-electron chi connectivity index (χ3n) is 4.63. The molecule has 132 valence electrons. The van der Waals surface area contributed by atoms with Crippen LogP contribution in [0.3, 0.4) is 0 Å². The fourth-order valence-electron chi connectivity index (χ4n) is 3.22. The molecule has 1 aromatic carbocycles. The summed E-state index contributed by atoms with van der Waals surface area (Å²) in [5.74, 6) is -0.507. The average Bonchev–Trinajstić information content (AvgIpc) is 3.06. The van der Waals surface area contributed by atoms with Crippen molar-refractivity contribution in [2.75, 3.05) is 13.1 Å². The van der Waals surface area contributed by atoms with Crippen molar-refractivity contribution < 1.29 is 9.50 Å². The van der Waals surface area contributed by atoms with Crippen LogP contribution >= 0.6 is 0 Å². The van der Waals surface area contributed by atoms with Gasteiger partial charge in [-0.2, -0.15) is 5.26 Å². The number of likely N-dealkylation sites (tertiary alicyclic amines) is 1. The Morgan fingerprint density at radius 1 is 1.44 bits per heavy atom. The van der Waals surface area contributed by atoms with Crippen molar-refractivity contribution in [1.29, 1.82) is 5.26 Å². The van der Waals surface area contributed by atoms with Crippen LogP contribution in [0.2, 0.25) is 0 Å². The number of hydrogen-bond acceptors (Lipinski definition) is 5. The summed E-state index contributed by atoms with van der Waals surface area (Å²) in [4.78, 5) is 2.08. The van der Waals surface area contributed by atoms with E-state index in [1.807, 2.05) is 19.9 Å². The van der Waals surface area contributed by atoms with Crippen molar-refractivity contribution in [2.24, 2.45) is 0 Å². The van der Waals surface area contributed by atoms with Gasteiger partial charge >= 0.3 is 0 Å². The quantitative estimate of drug-likeness (QED) is 0.922. The molecule has 0 spiro atoms. The summed E-state index contributed by atoms with van der Waals surface area (Å²) in [5.41, 5.74) is 0.365. The highest BCUT2D eigenvalue weighted by Crippen LogP contribution is 2.31. The molecule has 0 aliphatic carbocycles. The fourth-order valence-corrected chi connectivity index (χ4v) is 3.22. The summed E-state index contributed by atoms with van der Waals surface area (Å²) >= 11 is 0. The van der Waals surface area contributed by atoms with Crippen molar-refractivity contribution in [3.8, 4) is 6.07 Å². The van der Waals surface area contributed by atoms with Gasteiger partial charge in [0.05, 0.1) is 11.8 Å². The van der Waals surface area contributed by atoms with Gasteiger partial charge in [0.15, 0.2) is 0 Å². The maximum Gasteiger partial charge on any atom is 0.141 e. The van der Waals surface area contributed by atoms with Gasteiger partial charge in [-0.1, -0.05) is 11.3 Å². The molecule has 1 aliphatic rings. The Hall–Kier alpha value is -2.30. The van der Waals surface area contributed by atoms with Crippen LogP contribution in [-0.2, 0) is 12.1 Å². The highest BCUT2D eigenvalue weighted by molar-refractivity contribution is 5.33. The monoisotopic (exact) mass is 343 g/mol. The van der Waals surface area contributed by atoms with E-state index in [1.54, 1.807) is 16.9 Å². The van der Waals surface area contributed by atoms with Crippen LogP contribution in [0.15, 0.2) is 24.4 Å². The van der Waals surface area contributed by atoms with Crippen molar-refractivity contribution in [2.45, 2.75) is 44.9 Å².